The number of hydrogen-bond donors (Lipinski definition) is 0. The molecular formula is C14H13NO2. The average Bonchev–Trinajstić information content (AvgIpc) is 2.35. The maximum atomic E-state index is 11.7. The van der Waals surface area contributed by atoms with Crippen LogP contribution < -0.4 is 5.56 Å². The Morgan fingerprint density at radius 1 is 1.29 bits per heavy atom. The van der Waals surface area contributed by atoms with Gasteiger partial charge in [0.2, 0.25) is 5.89 Å². The van der Waals surface area contributed by atoms with Gasteiger partial charge in [0, 0.05) is 0 Å². The molecule has 3 nitrogen and oxygen atoms in total. The van der Waals surface area contributed by atoms with Crippen LogP contribution in [-0.2, 0) is 0 Å². The Morgan fingerprint density at radius 2 is 2.12 bits per heavy atom. The van der Waals surface area contributed by atoms with Crippen molar-refractivity contribution in [2.45, 2.75) is 13.3 Å². The summed E-state index contributed by atoms with van der Waals surface area (Å²) < 4.78 is 5.50. The molecule has 17 heavy (non-hydrogen) atoms. The van der Waals surface area contributed by atoms with Crippen molar-refractivity contribution < 1.29 is 4.42 Å². The van der Waals surface area contributed by atoms with Crippen LogP contribution in [-0.4, -0.2) is 4.98 Å². The Balaban J connectivity index is 2.37. The van der Waals surface area contributed by atoms with Gasteiger partial charge in [0.15, 0.2) is 0 Å². The minimum Gasteiger partial charge on any atom is -0.438 e. The largest absolute Gasteiger partial charge is 0.438 e. The van der Waals surface area contributed by atoms with Crippen molar-refractivity contribution in [1.82, 2.24) is 4.98 Å². The van der Waals surface area contributed by atoms with Crippen LogP contribution in [0.4, 0.5) is 0 Å². The summed E-state index contributed by atoms with van der Waals surface area (Å²) in [5.41, 5.74) is 0.315. The lowest BCUT2D eigenvalue weighted by molar-refractivity contribution is 0.563. The molecule has 2 rings (SSSR count). The maximum Gasteiger partial charge on any atom is 0.284 e. The summed E-state index contributed by atoms with van der Waals surface area (Å²) in [6.07, 6.45) is 8.40. The maximum absolute atomic E-state index is 11.7. The monoisotopic (exact) mass is 227 g/mol. The van der Waals surface area contributed by atoms with Crippen molar-refractivity contribution in [1.29, 1.82) is 0 Å². The highest BCUT2D eigenvalue weighted by Gasteiger charge is 2.02. The van der Waals surface area contributed by atoms with E-state index >= 15 is 0 Å². The summed E-state index contributed by atoms with van der Waals surface area (Å²) in [5.74, 6) is 0.346. The normalized spacial score (nSPS) is 11.8. The molecule has 0 aliphatic rings. The van der Waals surface area contributed by atoms with Crippen LogP contribution in [0, 0.1) is 0 Å². The Labute approximate surface area is 99.1 Å². The molecule has 0 fully saturated rings. The molecule has 1 aromatic carbocycles. The van der Waals surface area contributed by atoms with Crippen LogP contribution in [0.25, 0.3) is 17.0 Å². The minimum absolute atomic E-state index is 0.252. The molecule has 0 spiro atoms. The van der Waals surface area contributed by atoms with E-state index in [1.54, 1.807) is 24.3 Å². The van der Waals surface area contributed by atoms with Crippen LogP contribution in [0.2, 0.25) is 0 Å². The van der Waals surface area contributed by atoms with Crippen molar-refractivity contribution in [3.63, 3.8) is 0 Å². The van der Waals surface area contributed by atoms with E-state index in [1.807, 2.05) is 31.2 Å². The van der Waals surface area contributed by atoms with Crippen molar-refractivity contribution in [2.24, 2.45) is 0 Å². The second kappa shape index (κ2) is 5.25. The Bertz CT molecular complexity index is 623. The number of allylic oxidation sites excluding steroid dienone is 3. The van der Waals surface area contributed by atoms with Crippen LogP contribution >= 0.6 is 0 Å². The minimum atomic E-state index is -0.252. The SMILES string of the molecule is C/C=C\C/C=C/c1nc(=O)c2ccccc2o1. The average molecular weight is 227 g/mol. The highest BCUT2D eigenvalue weighted by atomic mass is 16.3. The number of hydrogen-bond acceptors (Lipinski definition) is 3. The molecular weight excluding hydrogens is 214 g/mol. The standard InChI is InChI=1S/C14H13NO2/c1-2-3-4-5-10-13-15-14(16)11-8-6-7-9-12(11)17-13/h2-3,5-10H,4H2,1H3/b3-2-,10-5+. The second-order valence-electron chi connectivity index (χ2n) is 3.56. The lowest BCUT2D eigenvalue weighted by atomic mass is 10.2. The van der Waals surface area contributed by atoms with Gasteiger partial charge >= 0.3 is 0 Å². The first kappa shape index (κ1) is 11.3. The van der Waals surface area contributed by atoms with Gasteiger partial charge in [-0.15, -0.1) is 0 Å². The molecule has 0 bridgehead atoms. The molecule has 0 N–H and O–H groups in total. The number of aromatic nitrogens is 1. The fourth-order valence-electron chi connectivity index (χ4n) is 1.48. The summed E-state index contributed by atoms with van der Waals surface area (Å²) in [4.78, 5) is 15.5. The van der Waals surface area contributed by atoms with Crippen molar-refractivity contribution in [2.75, 3.05) is 0 Å². The van der Waals surface area contributed by atoms with Crippen LogP contribution in [0.1, 0.15) is 19.2 Å². The zero-order chi connectivity index (χ0) is 12.1. The topological polar surface area (TPSA) is 43.1 Å². The van der Waals surface area contributed by atoms with E-state index in [1.165, 1.54) is 0 Å². The molecule has 0 unspecified atom stereocenters. The zero-order valence-corrected chi connectivity index (χ0v) is 9.59. The van der Waals surface area contributed by atoms with E-state index < -0.39 is 0 Å². The molecule has 0 amide bonds. The van der Waals surface area contributed by atoms with Crippen molar-refractivity contribution in [3.8, 4) is 0 Å². The van der Waals surface area contributed by atoms with E-state index in [4.69, 9.17) is 4.42 Å². The van der Waals surface area contributed by atoms with E-state index in [0.29, 0.717) is 16.9 Å². The lowest BCUT2D eigenvalue weighted by Gasteiger charge is -1.96. The summed E-state index contributed by atoms with van der Waals surface area (Å²) >= 11 is 0. The van der Waals surface area contributed by atoms with Crippen molar-refractivity contribution >= 4 is 17.0 Å². The molecule has 0 aliphatic carbocycles. The van der Waals surface area contributed by atoms with E-state index in [0.717, 1.165) is 6.42 Å². The highest BCUT2D eigenvalue weighted by Crippen LogP contribution is 2.10. The first-order valence-electron chi connectivity index (χ1n) is 5.49. The van der Waals surface area contributed by atoms with Gasteiger partial charge in [0.1, 0.15) is 5.58 Å². The van der Waals surface area contributed by atoms with E-state index in [9.17, 15) is 4.79 Å². The molecule has 1 heterocycles. The molecule has 0 atom stereocenters. The molecule has 86 valence electrons. The molecule has 1 aromatic heterocycles. The van der Waals surface area contributed by atoms with Crippen LogP contribution in [0.5, 0.6) is 0 Å². The van der Waals surface area contributed by atoms with Crippen molar-refractivity contribution in [3.05, 3.63) is 58.7 Å². The highest BCUT2D eigenvalue weighted by molar-refractivity contribution is 5.75. The third kappa shape index (κ3) is 2.69. The number of para-hydroxylation sites is 1. The molecule has 0 aliphatic heterocycles. The quantitative estimate of drug-likeness (QED) is 0.756. The smallest absolute Gasteiger partial charge is 0.284 e. The molecule has 0 saturated carbocycles. The lowest BCUT2D eigenvalue weighted by Crippen LogP contribution is -2.06. The molecule has 2 aromatic rings. The van der Waals surface area contributed by atoms with Gasteiger partial charge in [-0.2, -0.15) is 4.98 Å². The summed E-state index contributed by atoms with van der Waals surface area (Å²) in [6.45, 7) is 1.96. The fraction of sp³-hybridized carbons (Fsp3) is 0.143. The van der Waals surface area contributed by atoms with Gasteiger partial charge in [-0.1, -0.05) is 30.4 Å². The Kier molecular flexibility index (Phi) is 3.50. The van der Waals surface area contributed by atoms with Gasteiger partial charge in [0.25, 0.3) is 5.56 Å². The Hall–Kier alpha value is -2.16. The van der Waals surface area contributed by atoms with Gasteiger partial charge in [-0.25, -0.2) is 0 Å². The second-order valence-corrected chi connectivity index (χ2v) is 3.56. The number of nitrogens with zero attached hydrogens (tertiary/aromatic N) is 1. The molecule has 0 radical (unpaired) electrons. The molecule has 0 saturated heterocycles. The third-order valence-electron chi connectivity index (χ3n) is 2.31. The summed E-state index contributed by atoms with van der Waals surface area (Å²) in [5, 5.41) is 0.512. The van der Waals surface area contributed by atoms with Gasteiger partial charge in [0.05, 0.1) is 5.39 Å². The van der Waals surface area contributed by atoms with Crippen LogP contribution in [0.3, 0.4) is 0 Å². The van der Waals surface area contributed by atoms with Gasteiger partial charge < -0.3 is 4.42 Å². The third-order valence-corrected chi connectivity index (χ3v) is 2.31. The number of fused-ring (bicyclic) bond motifs is 1. The summed E-state index contributed by atoms with van der Waals surface area (Å²) in [7, 11) is 0. The van der Waals surface area contributed by atoms with Gasteiger partial charge in [-0.05, 0) is 31.6 Å². The predicted molar refractivity (Wildman–Crippen MR) is 68.7 cm³/mol. The van der Waals surface area contributed by atoms with Gasteiger partial charge in [-0.3, -0.25) is 4.79 Å². The first-order chi connectivity index (χ1) is 8.31. The first-order valence-corrected chi connectivity index (χ1v) is 5.49. The predicted octanol–water partition coefficient (Wildman–Crippen LogP) is 3.17. The van der Waals surface area contributed by atoms with E-state index in [-0.39, 0.29) is 5.56 Å². The number of benzene rings is 1. The fourth-order valence-corrected chi connectivity index (χ4v) is 1.48. The zero-order valence-electron chi connectivity index (χ0n) is 9.59. The summed E-state index contributed by atoms with van der Waals surface area (Å²) in [6, 6.07) is 7.10. The number of rotatable bonds is 3. The van der Waals surface area contributed by atoms with Crippen LogP contribution in [0.15, 0.2) is 51.7 Å². The Morgan fingerprint density at radius 3 is 2.94 bits per heavy atom. The van der Waals surface area contributed by atoms with E-state index in [2.05, 4.69) is 4.98 Å². The molecule has 3 heteroatoms.